The Bertz CT molecular complexity index is 38.7. The van der Waals surface area contributed by atoms with Crippen LogP contribution in [-0.2, 0) is 0 Å². The van der Waals surface area contributed by atoms with Crippen LogP contribution in [0.15, 0.2) is 0 Å². The molecule has 1 atom stereocenters. The second-order valence-electron chi connectivity index (χ2n) is 1.43. The average molecular weight is 137 g/mol. The molecular formula is C4H11NS2. The average Bonchev–Trinajstić information content (AvgIpc) is 1.61. The number of hydrogen-bond donors (Lipinski definition) is 1. The van der Waals surface area contributed by atoms with Crippen molar-refractivity contribution in [3.8, 4) is 0 Å². The van der Waals surface area contributed by atoms with E-state index in [1.807, 2.05) is 17.7 Å². The molecule has 0 radical (unpaired) electrons. The zero-order chi connectivity index (χ0) is 5.70. The van der Waals surface area contributed by atoms with E-state index in [4.69, 9.17) is 5.73 Å². The standard InChI is InChI=1S/C4H11NS2/c1-4(5)3-7-6-2/h4H,3,5H2,1-2H3. The summed E-state index contributed by atoms with van der Waals surface area (Å²) < 4.78 is 0. The topological polar surface area (TPSA) is 26.0 Å². The Balaban J connectivity index is 2.68. The minimum Gasteiger partial charge on any atom is -0.327 e. The van der Waals surface area contributed by atoms with Crippen molar-refractivity contribution in [1.82, 2.24) is 0 Å². The van der Waals surface area contributed by atoms with Crippen LogP contribution < -0.4 is 5.73 Å². The van der Waals surface area contributed by atoms with E-state index in [2.05, 4.69) is 6.26 Å². The SMILES string of the molecule is CSSCC(C)N. The molecule has 1 nitrogen and oxygen atoms in total. The molecule has 0 aliphatic carbocycles. The molecule has 7 heavy (non-hydrogen) atoms. The van der Waals surface area contributed by atoms with Gasteiger partial charge < -0.3 is 5.73 Å². The van der Waals surface area contributed by atoms with Crippen LogP contribution in [0.5, 0.6) is 0 Å². The summed E-state index contributed by atoms with van der Waals surface area (Å²) >= 11 is 0. The van der Waals surface area contributed by atoms with Crippen LogP contribution in [0.2, 0.25) is 0 Å². The molecule has 0 rings (SSSR count). The highest BCUT2D eigenvalue weighted by molar-refractivity contribution is 8.76. The van der Waals surface area contributed by atoms with Crippen molar-refractivity contribution in [2.24, 2.45) is 5.73 Å². The van der Waals surface area contributed by atoms with Crippen molar-refractivity contribution in [1.29, 1.82) is 0 Å². The second-order valence-corrected chi connectivity index (χ2v) is 4.04. The van der Waals surface area contributed by atoms with Gasteiger partial charge in [0.05, 0.1) is 0 Å². The van der Waals surface area contributed by atoms with Gasteiger partial charge in [-0.3, -0.25) is 0 Å². The fraction of sp³-hybridized carbons (Fsp3) is 1.00. The van der Waals surface area contributed by atoms with Gasteiger partial charge in [0.15, 0.2) is 0 Å². The van der Waals surface area contributed by atoms with Crippen LogP contribution in [0.3, 0.4) is 0 Å². The fourth-order valence-corrected chi connectivity index (χ4v) is 1.58. The largest absolute Gasteiger partial charge is 0.327 e. The molecule has 0 spiro atoms. The molecular weight excluding hydrogens is 126 g/mol. The van der Waals surface area contributed by atoms with Gasteiger partial charge in [0.1, 0.15) is 0 Å². The smallest absolute Gasteiger partial charge is 0.0186 e. The Kier molecular flexibility index (Phi) is 5.26. The van der Waals surface area contributed by atoms with Gasteiger partial charge >= 0.3 is 0 Å². The Hall–Kier alpha value is 0.660. The molecule has 0 aromatic heterocycles. The highest BCUT2D eigenvalue weighted by Gasteiger charge is 1.89. The molecule has 0 aromatic carbocycles. The lowest BCUT2D eigenvalue weighted by molar-refractivity contribution is 0.850. The van der Waals surface area contributed by atoms with Crippen LogP contribution in [0.4, 0.5) is 0 Å². The summed E-state index contributed by atoms with van der Waals surface area (Å²) in [5.41, 5.74) is 5.44. The minimum absolute atomic E-state index is 0.345. The molecule has 3 heteroatoms. The Morgan fingerprint density at radius 1 is 1.71 bits per heavy atom. The molecule has 0 amide bonds. The summed E-state index contributed by atoms with van der Waals surface area (Å²) in [5.74, 6) is 1.06. The van der Waals surface area contributed by atoms with Crippen molar-refractivity contribution in [2.45, 2.75) is 13.0 Å². The van der Waals surface area contributed by atoms with Crippen LogP contribution in [0.1, 0.15) is 6.92 Å². The van der Waals surface area contributed by atoms with Crippen LogP contribution in [0, 0.1) is 0 Å². The molecule has 0 heterocycles. The molecule has 0 aliphatic heterocycles. The third-order valence-corrected chi connectivity index (χ3v) is 2.46. The lowest BCUT2D eigenvalue weighted by Gasteiger charge is -1.98. The molecule has 0 saturated carbocycles. The van der Waals surface area contributed by atoms with Crippen molar-refractivity contribution in [3.63, 3.8) is 0 Å². The van der Waals surface area contributed by atoms with Gasteiger partial charge in [-0.15, -0.1) is 0 Å². The van der Waals surface area contributed by atoms with Crippen LogP contribution >= 0.6 is 21.6 Å². The lowest BCUT2D eigenvalue weighted by atomic mass is 10.4. The quantitative estimate of drug-likeness (QED) is 0.595. The Morgan fingerprint density at radius 2 is 2.29 bits per heavy atom. The maximum atomic E-state index is 5.44. The van der Waals surface area contributed by atoms with Crippen molar-refractivity contribution < 1.29 is 0 Å². The van der Waals surface area contributed by atoms with Crippen molar-refractivity contribution >= 4 is 21.6 Å². The summed E-state index contributed by atoms with van der Waals surface area (Å²) in [6, 6.07) is 0.345. The first kappa shape index (κ1) is 7.66. The molecule has 0 fully saturated rings. The molecule has 0 aromatic rings. The zero-order valence-electron chi connectivity index (χ0n) is 4.68. The van der Waals surface area contributed by atoms with E-state index in [9.17, 15) is 0 Å². The lowest BCUT2D eigenvalue weighted by Crippen LogP contribution is -2.16. The normalized spacial score (nSPS) is 14.1. The van der Waals surface area contributed by atoms with E-state index in [0.29, 0.717) is 6.04 Å². The summed E-state index contributed by atoms with van der Waals surface area (Å²) in [6.07, 6.45) is 2.06. The number of rotatable bonds is 3. The molecule has 0 aliphatic rings. The zero-order valence-corrected chi connectivity index (χ0v) is 6.31. The van der Waals surface area contributed by atoms with E-state index < -0.39 is 0 Å². The summed E-state index contributed by atoms with van der Waals surface area (Å²) in [4.78, 5) is 0. The Labute approximate surface area is 52.8 Å². The van der Waals surface area contributed by atoms with E-state index in [-0.39, 0.29) is 0 Å². The summed E-state index contributed by atoms with van der Waals surface area (Å²) in [5, 5.41) is 0. The molecule has 1 unspecified atom stereocenters. The van der Waals surface area contributed by atoms with Gasteiger partial charge in [-0.25, -0.2) is 0 Å². The third kappa shape index (κ3) is 6.66. The molecule has 0 saturated heterocycles. The maximum Gasteiger partial charge on any atom is 0.0186 e. The van der Waals surface area contributed by atoms with Gasteiger partial charge in [-0.05, 0) is 13.2 Å². The fourth-order valence-electron chi connectivity index (χ4n) is 0.175. The molecule has 2 N–H and O–H groups in total. The van der Waals surface area contributed by atoms with Gasteiger partial charge in [-0.1, -0.05) is 21.6 Å². The minimum atomic E-state index is 0.345. The van der Waals surface area contributed by atoms with Crippen molar-refractivity contribution in [3.05, 3.63) is 0 Å². The van der Waals surface area contributed by atoms with Gasteiger partial charge in [-0.2, -0.15) is 0 Å². The van der Waals surface area contributed by atoms with Gasteiger partial charge in [0.2, 0.25) is 0 Å². The molecule has 0 bridgehead atoms. The first-order valence-corrected chi connectivity index (χ1v) is 4.91. The third-order valence-electron chi connectivity index (χ3n) is 0.449. The number of hydrogen-bond acceptors (Lipinski definition) is 3. The van der Waals surface area contributed by atoms with E-state index >= 15 is 0 Å². The van der Waals surface area contributed by atoms with Gasteiger partial charge in [0, 0.05) is 11.8 Å². The summed E-state index contributed by atoms with van der Waals surface area (Å²) in [6.45, 7) is 2.02. The predicted octanol–water partition coefficient (Wildman–Crippen LogP) is 1.34. The predicted molar refractivity (Wildman–Crippen MR) is 39.6 cm³/mol. The summed E-state index contributed by atoms with van der Waals surface area (Å²) in [7, 11) is 3.57. The monoisotopic (exact) mass is 137 g/mol. The van der Waals surface area contributed by atoms with Crippen LogP contribution in [-0.4, -0.2) is 18.1 Å². The van der Waals surface area contributed by atoms with Gasteiger partial charge in [0.25, 0.3) is 0 Å². The Morgan fingerprint density at radius 3 is 2.43 bits per heavy atom. The second kappa shape index (κ2) is 4.81. The first-order chi connectivity index (χ1) is 3.27. The highest BCUT2D eigenvalue weighted by atomic mass is 33.1. The maximum absolute atomic E-state index is 5.44. The molecule has 44 valence electrons. The first-order valence-electron chi connectivity index (χ1n) is 2.18. The van der Waals surface area contributed by atoms with E-state index in [1.54, 1.807) is 10.8 Å². The van der Waals surface area contributed by atoms with E-state index in [0.717, 1.165) is 5.75 Å². The van der Waals surface area contributed by atoms with Crippen LogP contribution in [0.25, 0.3) is 0 Å². The van der Waals surface area contributed by atoms with Crippen molar-refractivity contribution in [2.75, 3.05) is 12.0 Å². The number of nitrogens with two attached hydrogens (primary N) is 1. The van der Waals surface area contributed by atoms with E-state index in [1.165, 1.54) is 0 Å². The highest BCUT2D eigenvalue weighted by Crippen LogP contribution is 2.16.